The van der Waals surface area contributed by atoms with E-state index in [-0.39, 0.29) is 48.3 Å². The standard InChI is InChI=1S/C42H40ClFN2O12/c1-24-37(55-25(2)47)38(56-26(3)48)39(57-27(4)49)41(54-24)52-18-17-51-32-14-16-35-33(21-32)40(46(42(50)58-35)22-28-9-6-5-7-10-28)45-31-13-15-36(34(43)20-31)53-23-29-11-8-12-30(44)19-29/h5-16,19-21,24,37-39,41H,17-18,22-23H2,1-4H3/t24-,37-,38+,39+,41+/m0/s1. The summed E-state index contributed by atoms with van der Waals surface area (Å²) in [6.07, 6.45) is -5.56. The van der Waals surface area contributed by atoms with Crippen molar-refractivity contribution in [2.24, 2.45) is 4.99 Å². The van der Waals surface area contributed by atoms with E-state index in [1.807, 2.05) is 30.3 Å². The minimum Gasteiger partial charge on any atom is -0.491 e. The molecule has 58 heavy (non-hydrogen) atoms. The van der Waals surface area contributed by atoms with Gasteiger partial charge in [-0.2, -0.15) is 0 Å². The summed E-state index contributed by atoms with van der Waals surface area (Å²) >= 11 is 6.61. The third-order valence-corrected chi connectivity index (χ3v) is 9.05. The Morgan fingerprint density at radius 1 is 0.793 bits per heavy atom. The molecule has 0 spiro atoms. The van der Waals surface area contributed by atoms with Crippen LogP contribution in [0.2, 0.25) is 5.02 Å². The van der Waals surface area contributed by atoms with Crippen molar-refractivity contribution in [3.63, 3.8) is 0 Å². The highest BCUT2D eigenvalue weighted by Crippen LogP contribution is 2.31. The number of nitrogens with zero attached hydrogens (tertiary/aromatic N) is 2. The molecule has 2 heterocycles. The summed E-state index contributed by atoms with van der Waals surface area (Å²) in [5, 5.41) is 0.688. The first kappa shape index (κ1) is 41.6. The molecule has 1 saturated heterocycles. The van der Waals surface area contributed by atoms with Crippen molar-refractivity contribution < 1.29 is 56.3 Å². The molecule has 0 unspecified atom stereocenters. The second-order valence-corrected chi connectivity index (χ2v) is 13.6. The first-order valence-electron chi connectivity index (χ1n) is 18.2. The van der Waals surface area contributed by atoms with E-state index in [4.69, 9.17) is 54.2 Å². The highest BCUT2D eigenvalue weighted by molar-refractivity contribution is 6.32. The number of halogens is 2. The molecule has 0 aliphatic carbocycles. The number of carbonyl (C=O) groups is 3. The van der Waals surface area contributed by atoms with Crippen molar-refractivity contribution in [3.8, 4) is 11.5 Å². The maximum Gasteiger partial charge on any atom is 0.421 e. The Balaban J connectivity index is 1.25. The van der Waals surface area contributed by atoms with Crippen LogP contribution in [0.4, 0.5) is 10.1 Å². The topological polar surface area (TPSA) is 163 Å². The van der Waals surface area contributed by atoms with Gasteiger partial charge >= 0.3 is 23.7 Å². The molecule has 1 fully saturated rings. The second kappa shape index (κ2) is 18.9. The van der Waals surface area contributed by atoms with Crippen molar-refractivity contribution in [3.05, 3.63) is 129 Å². The third-order valence-electron chi connectivity index (χ3n) is 8.75. The summed E-state index contributed by atoms with van der Waals surface area (Å²) in [5.41, 5.74) is 2.35. The summed E-state index contributed by atoms with van der Waals surface area (Å²) in [6.45, 7) is 5.26. The number of hydrogen-bond donors (Lipinski definition) is 0. The van der Waals surface area contributed by atoms with Crippen molar-refractivity contribution >= 4 is 46.2 Å². The van der Waals surface area contributed by atoms with E-state index in [1.165, 1.54) is 37.5 Å². The van der Waals surface area contributed by atoms with Gasteiger partial charge in [-0.3, -0.25) is 19.0 Å². The molecule has 6 rings (SSSR count). The molecular formula is C42H40ClFN2O12. The fourth-order valence-electron chi connectivity index (χ4n) is 6.28. The van der Waals surface area contributed by atoms with Gasteiger partial charge in [-0.05, 0) is 66.6 Å². The maximum atomic E-state index is 13.7. The van der Waals surface area contributed by atoms with Gasteiger partial charge in [0.05, 0.1) is 35.4 Å². The van der Waals surface area contributed by atoms with Crippen LogP contribution < -0.4 is 20.7 Å². The molecule has 0 saturated carbocycles. The van der Waals surface area contributed by atoms with Gasteiger partial charge in [0.15, 0.2) is 24.6 Å². The molecular weight excluding hydrogens is 779 g/mol. The van der Waals surface area contributed by atoms with Gasteiger partial charge in [-0.25, -0.2) is 14.2 Å². The van der Waals surface area contributed by atoms with Crippen LogP contribution in [0.5, 0.6) is 11.5 Å². The summed E-state index contributed by atoms with van der Waals surface area (Å²) in [7, 11) is 0. The van der Waals surface area contributed by atoms with E-state index in [1.54, 1.807) is 55.5 Å². The smallest absolute Gasteiger partial charge is 0.421 e. The average Bonchev–Trinajstić information content (AvgIpc) is 3.17. The van der Waals surface area contributed by atoms with E-state index in [9.17, 15) is 23.6 Å². The van der Waals surface area contributed by atoms with Crippen LogP contribution in [0, 0.1) is 5.82 Å². The van der Waals surface area contributed by atoms with E-state index in [0.717, 1.165) is 5.56 Å². The van der Waals surface area contributed by atoms with E-state index in [2.05, 4.69) is 0 Å². The Labute approximate surface area is 336 Å². The largest absolute Gasteiger partial charge is 0.491 e. The van der Waals surface area contributed by atoms with Crippen LogP contribution in [0.1, 0.15) is 38.8 Å². The van der Waals surface area contributed by atoms with Crippen molar-refractivity contribution in [1.29, 1.82) is 0 Å². The normalized spacial score (nSPS) is 19.3. The zero-order valence-electron chi connectivity index (χ0n) is 31.9. The lowest BCUT2D eigenvalue weighted by molar-refractivity contribution is -0.301. The van der Waals surface area contributed by atoms with E-state index < -0.39 is 54.4 Å². The zero-order chi connectivity index (χ0) is 41.3. The van der Waals surface area contributed by atoms with Gasteiger partial charge in [-0.15, -0.1) is 0 Å². The van der Waals surface area contributed by atoms with Crippen molar-refractivity contribution in [2.45, 2.75) is 71.6 Å². The molecule has 0 bridgehead atoms. The molecule has 304 valence electrons. The summed E-state index contributed by atoms with van der Waals surface area (Å²) in [4.78, 5) is 54.2. The summed E-state index contributed by atoms with van der Waals surface area (Å²) < 4.78 is 60.8. The Kier molecular flexibility index (Phi) is 13.6. The van der Waals surface area contributed by atoms with Gasteiger partial charge in [0.25, 0.3) is 0 Å². The number of fused-ring (bicyclic) bond motifs is 1. The van der Waals surface area contributed by atoms with Crippen LogP contribution in [0.3, 0.4) is 0 Å². The summed E-state index contributed by atoms with van der Waals surface area (Å²) in [6, 6.07) is 25.1. The molecule has 5 aromatic rings. The SMILES string of the molecule is CC(=O)O[C@@H]1[C@@H](OC(C)=O)[C@H](C)O[C@@H](OCCOc2ccc3oc(=O)n(Cc4ccccc4)c(=Nc4ccc(OCc5cccc(F)c5)c(Cl)c4)c3c2)[C@@H]1OC(C)=O. The van der Waals surface area contributed by atoms with Gasteiger partial charge in [0, 0.05) is 20.8 Å². The number of benzene rings is 4. The fourth-order valence-corrected chi connectivity index (χ4v) is 6.51. The molecule has 5 atom stereocenters. The van der Waals surface area contributed by atoms with Crippen molar-refractivity contribution in [1.82, 2.24) is 4.57 Å². The molecule has 0 radical (unpaired) electrons. The summed E-state index contributed by atoms with van der Waals surface area (Å²) in [5.74, 6) is -2.33. The molecule has 14 nitrogen and oxygen atoms in total. The van der Waals surface area contributed by atoms with Gasteiger partial charge in [-0.1, -0.05) is 54.1 Å². The Bertz CT molecular complexity index is 2400. The van der Waals surface area contributed by atoms with Crippen molar-refractivity contribution in [2.75, 3.05) is 13.2 Å². The van der Waals surface area contributed by atoms with E-state index in [0.29, 0.717) is 28.1 Å². The molecule has 0 amide bonds. The van der Waals surface area contributed by atoms with Crippen LogP contribution in [0.15, 0.2) is 105 Å². The Morgan fingerprint density at radius 2 is 1.50 bits per heavy atom. The predicted molar refractivity (Wildman–Crippen MR) is 206 cm³/mol. The average molecular weight is 819 g/mol. The number of carbonyl (C=O) groups excluding carboxylic acids is 3. The first-order chi connectivity index (χ1) is 27.8. The van der Waals surface area contributed by atoms with Crippen LogP contribution in [0.25, 0.3) is 11.0 Å². The lowest BCUT2D eigenvalue weighted by Crippen LogP contribution is -2.61. The molecule has 4 aromatic carbocycles. The monoisotopic (exact) mass is 818 g/mol. The molecule has 1 aliphatic heterocycles. The Morgan fingerprint density at radius 3 is 2.21 bits per heavy atom. The lowest BCUT2D eigenvalue weighted by atomic mass is 9.99. The highest BCUT2D eigenvalue weighted by atomic mass is 35.5. The molecule has 1 aliphatic rings. The van der Waals surface area contributed by atoms with E-state index >= 15 is 0 Å². The third kappa shape index (κ3) is 10.7. The molecule has 1 aromatic heterocycles. The second-order valence-electron chi connectivity index (χ2n) is 13.2. The lowest BCUT2D eigenvalue weighted by Gasteiger charge is -2.43. The number of ether oxygens (including phenoxy) is 7. The Hall–Kier alpha value is -6.03. The number of esters is 3. The molecule has 16 heteroatoms. The van der Waals surface area contributed by atoms with Gasteiger partial charge < -0.3 is 37.6 Å². The van der Waals surface area contributed by atoms with Crippen LogP contribution >= 0.6 is 11.6 Å². The minimum absolute atomic E-state index is 0.0297. The zero-order valence-corrected chi connectivity index (χ0v) is 32.7. The fraction of sp³-hybridized carbons (Fsp3) is 0.310. The number of hydrogen-bond acceptors (Lipinski definition) is 13. The van der Waals surface area contributed by atoms with Crippen LogP contribution in [-0.4, -0.2) is 66.4 Å². The number of rotatable bonds is 14. The molecule has 0 N–H and O–H groups in total. The predicted octanol–water partition coefficient (Wildman–Crippen LogP) is 6.18. The first-order valence-corrected chi connectivity index (χ1v) is 18.6. The highest BCUT2D eigenvalue weighted by Gasteiger charge is 2.51. The number of aromatic nitrogens is 1. The van der Waals surface area contributed by atoms with Gasteiger partial charge in [0.2, 0.25) is 0 Å². The maximum absolute atomic E-state index is 13.7. The minimum atomic E-state index is -1.27. The van der Waals surface area contributed by atoms with Crippen LogP contribution in [-0.2, 0) is 51.2 Å². The van der Waals surface area contributed by atoms with Gasteiger partial charge in [0.1, 0.15) is 41.6 Å². The quantitative estimate of drug-likeness (QED) is 0.0712.